The maximum Gasteiger partial charge on any atom is 0.232 e. The number of halogens is 1. The summed E-state index contributed by atoms with van der Waals surface area (Å²) in [6, 6.07) is 19.8. The highest BCUT2D eigenvalue weighted by Gasteiger charge is 2.25. The zero-order valence-electron chi connectivity index (χ0n) is 20.5. The summed E-state index contributed by atoms with van der Waals surface area (Å²) in [5.41, 5.74) is 4.60. The Morgan fingerprint density at radius 2 is 1.69 bits per heavy atom. The minimum atomic E-state index is -3.55. The Labute approximate surface area is 206 Å². The van der Waals surface area contributed by atoms with Crippen molar-refractivity contribution in [1.82, 2.24) is 5.32 Å². The zero-order chi connectivity index (χ0) is 25.2. The Hall–Kier alpha value is -3.16. The quantitative estimate of drug-likeness (QED) is 0.291. The molecule has 0 aliphatic rings. The Morgan fingerprint density at radius 1 is 1.00 bits per heavy atom. The van der Waals surface area contributed by atoms with Crippen LogP contribution in [0.5, 0.6) is 0 Å². The standard InChI is InChI=1S/C28H31FN2O3S/c1-19(2)14-15-31(35(4,32)33)26-17-27-24(16-23(26)20-8-6-5-7-9-20)25(18-30-3)28(34-27)21-10-12-22(29)13-11-21/h5-13,16-17,19,30H,14-15,18H2,1-4H3. The summed E-state index contributed by atoms with van der Waals surface area (Å²) in [5.74, 6) is 0.667. The molecule has 3 aromatic carbocycles. The monoisotopic (exact) mass is 494 g/mol. The summed E-state index contributed by atoms with van der Waals surface area (Å²) >= 11 is 0. The molecular formula is C28H31FN2O3S. The number of benzene rings is 3. The fourth-order valence-electron chi connectivity index (χ4n) is 4.27. The van der Waals surface area contributed by atoms with Gasteiger partial charge in [-0.05, 0) is 55.3 Å². The minimum absolute atomic E-state index is 0.317. The summed E-state index contributed by atoms with van der Waals surface area (Å²) in [6.45, 7) is 5.06. The van der Waals surface area contributed by atoms with Gasteiger partial charge in [0.05, 0.1) is 11.9 Å². The lowest BCUT2D eigenvalue weighted by molar-refractivity contribution is 0.572. The first kappa shape index (κ1) is 24.9. The van der Waals surface area contributed by atoms with E-state index in [0.29, 0.717) is 36.0 Å². The normalized spacial score (nSPS) is 11.9. The van der Waals surface area contributed by atoms with Gasteiger partial charge in [-0.15, -0.1) is 0 Å². The number of fused-ring (bicyclic) bond motifs is 1. The minimum Gasteiger partial charge on any atom is -0.456 e. The second-order valence-corrected chi connectivity index (χ2v) is 11.1. The SMILES string of the molecule is CNCc1c(-c2ccc(F)cc2)oc2cc(N(CCC(C)C)S(C)(=O)=O)c(-c3ccccc3)cc12. The summed E-state index contributed by atoms with van der Waals surface area (Å²) in [5, 5.41) is 4.08. The first-order valence-electron chi connectivity index (χ1n) is 11.7. The van der Waals surface area contributed by atoms with E-state index >= 15 is 0 Å². The number of rotatable bonds is 9. The molecule has 0 saturated carbocycles. The maximum absolute atomic E-state index is 13.6. The molecule has 0 aliphatic heterocycles. The third-order valence-electron chi connectivity index (χ3n) is 6.03. The van der Waals surface area contributed by atoms with Gasteiger partial charge in [0.1, 0.15) is 17.2 Å². The van der Waals surface area contributed by atoms with Crippen molar-refractivity contribution in [2.24, 2.45) is 5.92 Å². The maximum atomic E-state index is 13.6. The molecule has 4 aromatic rings. The molecule has 0 fully saturated rings. The van der Waals surface area contributed by atoms with Crippen molar-refractivity contribution in [3.8, 4) is 22.5 Å². The van der Waals surface area contributed by atoms with Crippen LogP contribution in [0.25, 0.3) is 33.4 Å². The molecule has 4 rings (SSSR count). The molecule has 0 amide bonds. The van der Waals surface area contributed by atoms with Crippen molar-refractivity contribution in [3.63, 3.8) is 0 Å². The summed E-state index contributed by atoms with van der Waals surface area (Å²) in [7, 11) is -1.69. The van der Waals surface area contributed by atoms with Gasteiger partial charge >= 0.3 is 0 Å². The fraction of sp³-hybridized carbons (Fsp3) is 0.286. The van der Waals surface area contributed by atoms with Crippen LogP contribution in [0.3, 0.4) is 0 Å². The first-order valence-corrected chi connectivity index (χ1v) is 13.6. The fourth-order valence-corrected chi connectivity index (χ4v) is 5.21. The van der Waals surface area contributed by atoms with Crippen molar-refractivity contribution < 1.29 is 17.2 Å². The number of sulfonamides is 1. The van der Waals surface area contributed by atoms with Crippen LogP contribution in [-0.4, -0.2) is 28.3 Å². The number of hydrogen-bond donors (Lipinski definition) is 1. The van der Waals surface area contributed by atoms with E-state index in [0.717, 1.165) is 34.1 Å². The van der Waals surface area contributed by atoms with Crippen LogP contribution < -0.4 is 9.62 Å². The number of furan rings is 1. The van der Waals surface area contributed by atoms with Crippen LogP contribution in [0.1, 0.15) is 25.8 Å². The van der Waals surface area contributed by atoms with Gasteiger partial charge in [-0.2, -0.15) is 0 Å². The second-order valence-electron chi connectivity index (χ2n) is 9.20. The van der Waals surface area contributed by atoms with Crippen molar-refractivity contribution in [2.75, 3.05) is 24.2 Å². The lowest BCUT2D eigenvalue weighted by Crippen LogP contribution is -2.32. The highest BCUT2D eigenvalue weighted by Crippen LogP contribution is 2.41. The van der Waals surface area contributed by atoms with Crippen LogP contribution >= 0.6 is 0 Å². The van der Waals surface area contributed by atoms with Gasteiger partial charge in [0, 0.05) is 41.2 Å². The Bertz CT molecular complexity index is 1410. The second kappa shape index (κ2) is 10.2. The van der Waals surface area contributed by atoms with E-state index in [1.807, 2.05) is 49.5 Å². The summed E-state index contributed by atoms with van der Waals surface area (Å²) in [4.78, 5) is 0. The average Bonchev–Trinajstić information content (AvgIpc) is 3.16. The van der Waals surface area contributed by atoms with Crippen molar-refractivity contribution >= 4 is 26.7 Å². The lowest BCUT2D eigenvalue weighted by atomic mass is 9.98. The molecule has 1 N–H and O–H groups in total. The first-order chi connectivity index (χ1) is 16.7. The summed E-state index contributed by atoms with van der Waals surface area (Å²) < 4.78 is 47.2. The third-order valence-corrected chi connectivity index (χ3v) is 7.21. The van der Waals surface area contributed by atoms with E-state index in [4.69, 9.17) is 4.42 Å². The molecule has 0 atom stereocenters. The highest BCUT2D eigenvalue weighted by atomic mass is 32.2. The molecule has 0 spiro atoms. The molecule has 5 nitrogen and oxygen atoms in total. The Morgan fingerprint density at radius 3 is 2.29 bits per heavy atom. The molecule has 0 radical (unpaired) electrons. The Balaban J connectivity index is 2.00. The van der Waals surface area contributed by atoms with Gasteiger partial charge in [0.2, 0.25) is 10.0 Å². The zero-order valence-corrected chi connectivity index (χ0v) is 21.3. The summed E-state index contributed by atoms with van der Waals surface area (Å²) in [6.07, 6.45) is 1.97. The smallest absolute Gasteiger partial charge is 0.232 e. The predicted octanol–water partition coefficient (Wildman–Crippen LogP) is 6.44. The van der Waals surface area contributed by atoms with E-state index < -0.39 is 10.0 Å². The molecule has 1 heterocycles. The molecule has 0 aliphatic carbocycles. The highest BCUT2D eigenvalue weighted by molar-refractivity contribution is 7.92. The van der Waals surface area contributed by atoms with E-state index in [9.17, 15) is 12.8 Å². The average molecular weight is 495 g/mol. The third kappa shape index (κ3) is 5.41. The van der Waals surface area contributed by atoms with E-state index in [1.54, 1.807) is 12.1 Å². The van der Waals surface area contributed by atoms with Crippen LogP contribution in [0.15, 0.2) is 71.1 Å². The van der Waals surface area contributed by atoms with Gasteiger partial charge in [0.15, 0.2) is 0 Å². The molecule has 0 saturated heterocycles. The number of nitrogens with zero attached hydrogens (tertiary/aromatic N) is 1. The number of nitrogens with one attached hydrogen (secondary N) is 1. The largest absolute Gasteiger partial charge is 0.456 e. The Kier molecular flexibility index (Phi) is 7.28. The topological polar surface area (TPSA) is 62.6 Å². The van der Waals surface area contributed by atoms with Gasteiger partial charge in [0.25, 0.3) is 0 Å². The molecule has 35 heavy (non-hydrogen) atoms. The van der Waals surface area contributed by atoms with Crippen LogP contribution in [0, 0.1) is 11.7 Å². The molecule has 0 bridgehead atoms. The van der Waals surface area contributed by atoms with Crippen LogP contribution in [-0.2, 0) is 16.6 Å². The van der Waals surface area contributed by atoms with E-state index in [1.165, 1.54) is 22.7 Å². The van der Waals surface area contributed by atoms with Crippen LogP contribution in [0.4, 0.5) is 10.1 Å². The lowest BCUT2D eigenvalue weighted by Gasteiger charge is -2.26. The number of hydrogen-bond acceptors (Lipinski definition) is 4. The van der Waals surface area contributed by atoms with E-state index in [-0.39, 0.29) is 5.82 Å². The van der Waals surface area contributed by atoms with Crippen molar-refractivity contribution in [3.05, 3.63) is 78.1 Å². The van der Waals surface area contributed by atoms with Gasteiger partial charge < -0.3 is 9.73 Å². The van der Waals surface area contributed by atoms with Crippen molar-refractivity contribution in [1.29, 1.82) is 0 Å². The molecule has 0 unspecified atom stereocenters. The van der Waals surface area contributed by atoms with Crippen LogP contribution in [0.2, 0.25) is 0 Å². The molecular weight excluding hydrogens is 463 g/mol. The number of anilines is 1. The van der Waals surface area contributed by atoms with Gasteiger partial charge in [-0.3, -0.25) is 4.31 Å². The van der Waals surface area contributed by atoms with Crippen molar-refractivity contribution in [2.45, 2.75) is 26.8 Å². The molecule has 184 valence electrons. The van der Waals surface area contributed by atoms with Gasteiger partial charge in [-0.1, -0.05) is 44.2 Å². The van der Waals surface area contributed by atoms with Gasteiger partial charge in [-0.25, -0.2) is 12.8 Å². The molecule has 7 heteroatoms. The molecule has 1 aromatic heterocycles. The van der Waals surface area contributed by atoms with E-state index in [2.05, 4.69) is 19.2 Å². The predicted molar refractivity (Wildman–Crippen MR) is 141 cm³/mol.